The number of amides is 2. The third-order valence-electron chi connectivity index (χ3n) is 2.79. The number of nitrogens with one attached hydrogen (secondary N) is 2. The van der Waals surface area contributed by atoms with E-state index >= 15 is 0 Å². The number of aliphatic hydroxyl groups excluding tert-OH is 1. The zero-order chi connectivity index (χ0) is 14.8. The molecule has 1 aromatic rings. The van der Waals surface area contributed by atoms with Gasteiger partial charge in [0.25, 0.3) is 5.91 Å². The molecule has 1 unspecified atom stereocenters. The lowest BCUT2D eigenvalue weighted by molar-refractivity contribution is -0.120. The summed E-state index contributed by atoms with van der Waals surface area (Å²) in [6, 6.07) is 8.89. The van der Waals surface area contributed by atoms with Crippen molar-refractivity contribution in [2.45, 2.75) is 32.3 Å². The molecule has 0 aromatic heterocycles. The van der Waals surface area contributed by atoms with Gasteiger partial charge in [-0.1, -0.05) is 18.2 Å². The van der Waals surface area contributed by atoms with E-state index in [4.69, 9.17) is 5.11 Å². The van der Waals surface area contributed by atoms with E-state index < -0.39 is 0 Å². The Balaban J connectivity index is 2.11. The first-order valence-corrected chi connectivity index (χ1v) is 6.87. The van der Waals surface area contributed by atoms with E-state index in [1.54, 1.807) is 31.2 Å². The summed E-state index contributed by atoms with van der Waals surface area (Å²) in [5.41, 5.74) is 0.588. The largest absolute Gasteiger partial charge is 0.393 e. The molecule has 0 aliphatic carbocycles. The van der Waals surface area contributed by atoms with Crippen LogP contribution in [0.3, 0.4) is 0 Å². The first kappa shape index (κ1) is 16.2. The molecule has 0 aliphatic rings. The summed E-state index contributed by atoms with van der Waals surface area (Å²) in [7, 11) is 0. The van der Waals surface area contributed by atoms with Crippen LogP contribution in [-0.2, 0) is 4.79 Å². The lowest BCUT2D eigenvalue weighted by atomic mass is 10.2. The van der Waals surface area contributed by atoms with E-state index in [9.17, 15) is 9.59 Å². The van der Waals surface area contributed by atoms with Crippen LogP contribution in [0.1, 0.15) is 36.5 Å². The van der Waals surface area contributed by atoms with Crippen molar-refractivity contribution in [3.8, 4) is 0 Å². The van der Waals surface area contributed by atoms with Crippen LogP contribution in [0, 0.1) is 0 Å². The minimum absolute atomic E-state index is 0.0936. The SMILES string of the molecule is CC(O)CCCNC(=O)CCNC(=O)c1ccccc1. The summed E-state index contributed by atoms with van der Waals surface area (Å²) >= 11 is 0. The molecule has 1 atom stereocenters. The van der Waals surface area contributed by atoms with Crippen LogP contribution < -0.4 is 10.6 Å². The van der Waals surface area contributed by atoms with Gasteiger partial charge in [-0.25, -0.2) is 0 Å². The van der Waals surface area contributed by atoms with Gasteiger partial charge in [0, 0.05) is 25.1 Å². The molecular weight excluding hydrogens is 256 g/mol. The number of carbonyl (C=O) groups excluding carboxylic acids is 2. The van der Waals surface area contributed by atoms with Crippen molar-refractivity contribution in [2.24, 2.45) is 0 Å². The van der Waals surface area contributed by atoms with Gasteiger partial charge in [-0.3, -0.25) is 9.59 Å². The molecule has 5 heteroatoms. The molecule has 0 saturated carbocycles. The Labute approximate surface area is 119 Å². The van der Waals surface area contributed by atoms with Crippen LogP contribution in [0.5, 0.6) is 0 Å². The molecule has 110 valence electrons. The lowest BCUT2D eigenvalue weighted by Crippen LogP contribution is -2.31. The highest BCUT2D eigenvalue weighted by molar-refractivity contribution is 5.94. The fourth-order valence-corrected chi connectivity index (χ4v) is 1.69. The van der Waals surface area contributed by atoms with E-state index in [0.717, 1.165) is 6.42 Å². The molecule has 0 aliphatic heterocycles. The van der Waals surface area contributed by atoms with Gasteiger partial charge in [-0.15, -0.1) is 0 Å². The number of rotatable bonds is 8. The highest BCUT2D eigenvalue weighted by Crippen LogP contribution is 1.97. The van der Waals surface area contributed by atoms with Gasteiger partial charge < -0.3 is 15.7 Å². The summed E-state index contributed by atoms with van der Waals surface area (Å²) < 4.78 is 0. The maximum Gasteiger partial charge on any atom is 0.251 e. The number of benzene rings is 1. The summed E-state index contributed by atoms with van der Waals surface area (Å²) in [4.78, 5) is 23.2. The molecule has 1 aromatic carbocycles. The van der Waals surface area contributed by atoms with E-state index in [0.29, 0.717) is 25.1 Å². The predicted molar refractivity (Wildman–Crippen MR) is 77.3 cm³/mol. The smallest absolute Gasteiger partial charge is 0.251 e. The van der Waals surface area contributed by atoms with Crippen LogP contribution in [0.4, 0.5) is 0 Å². The Hall–Kier alpha value is -1.88. The maximum absolute atomic E-state index is 11.7. The van der Waals surface area contributed by atoms with Gasteiger partial charge in [0.15, 0.2) is 0 Å². The molecule has 0 fully saturated rings. The standard InChI is InChI=1S/C15H22N2O3/c1-12(18)6-5-10-16-14(19)9-11-17-15(20)13-7-3-2-4-8-13/h2-4,7-8,12,18H,5-6,9-11H2,1H3,(H,16,19)(H,17,20). The zero-order valence-corrected chi connectivity index (χ0v) is 11.8. The van der Waals surface area contributed by atoms with Crippen molar-refractivity contribution in [3.05, 3.63) is 35.9 Å². The molecule has 0 bridgehead atoms. The van der Waals surface area contributed by atoms with Crippen molar-refractivity contribution in [2.75, 3.05) is 13.1 Å². The molecule has 0 spiro atoms. The molecule has 2 amide bonds. The van der Waals surface area contributed by atoms with Crippen molar-refractivity contribution in [1.29, 1.82) is 0 Å². The summed E-state index contributed by atoms with van der Waals surface area (Å²) in [5, 5.41) is 14.5. The van der Waals surface area contributed by atoms with Gasteiger partial charge in [0.05, 0.1) is 6.10 Å². The highest BCUT2D eigenvalue weighted by atomic mass is 16.3. The zero-order valence-electron chi connectivity index (χ0n) is 11.8. The van der Waals surface area contributed by atoms with Crippen LogP contribution in [0.25, 0.3) is 0 Å². The third-order valence-corrected chi connectivity index (χ3v) is 2.79. The Bertz CT molecular complexity index is 418. The number of hydrogen-bond donors (Lipinski definition) is 3. The molecule has 0 heterocycles. The van der Waals surface area contributed by atoms with E-state index in [1.807, 2.05) is 6.07 Å². The normalized spacial score (nSPS) is 11.7. The van der Waals surface area contributed by atoms with Crippen molar-refractivity contribution in [3.63, 3.8) is 0 Å². The minimum Gasteiger partial charge on any atom is -0.393 e. The Morgan fingerprint density at radius 1 is 1.15 bits per heavy atom. The van der Waals surface area contributed by atoms with Crippen LogP contribution in [0.15, 0.2) is 30.3 Å². The van der Waals surface area contributed by atoms with Crippen molar-refractivity contribution >= 4 is 11.8 Å². The summed E-state index contributed by atoms with van der Waals surface area (Å²) in [6.45, 7) is 2.59. The quantitative estimate of drug-likeness (QED) is 0.623. The van der Waals surface area contributed by atoms with Gasteiger partial charge in [-0.05, 0) is 31.9 Å². The average molecular weight is 278 g/mol. The van der Waals surface area contributed by atoms with E-state index in [2.05, 4.69) is 10.6 Å². The first-order chi connectivity index (χ1) is 9.59. The monoisotopic (exact) mass is 278 g/mol. The Kier molecular flexibility index (Phi) is 7.35. The second-order valence-corrected chi connectivity index (χ2v) is 4.71. The van der Waals surface area contributed by atoms with E-state index in [1.165, 1.54) is 0 Å². The highest BCUT2D eigenvalue weighted by Gasteiger charge is 2.05. The Morgan fingerprint density at radius 2 is 1.85 bits per heavy atom. The fourth-order valence-electron chi connectivity index (χ4n) is 1.69. The maximum atomic E-state index is 11.7. The summed E-state index contributed by atoms with van der Waals surface area (Å²) in [5.74, 6) is -0.267. The molecular formula is C15H22N2O3. The number of aliphatic hydroxyl groups is 1. The van der Waals surface area contributed by atoms with Gasteiger partial charge in [0.1, 0.15) is 0 Å². The van der Waals surface area contributed by atoms with Gasteiger partial charge >= 0.3 is 0 Å². The topological polar surface area (TPSA) is 78.4 Å². The van der Waals surface area contributed by atoms with Gasteiger partial charge in [0.2, 0.25) is 5.91 Å². The number of carbonyl (C=O) groups is 2. The van der Waals surface area contributed by atoms with Gasteiger partial charge in [-0.2, -0.15) is 0 Å². The van der Waals surface area contributed by atoms with E-state index in [-0.39, 0.29) is 24.3 Å². The second kappa shape index (κ2) is 9.09. The first-order valence-electron chi connectivity index (χ1n) is 6.87. The Morgan fingerprint density at radius 3 is 2.50 bits per heavy atom. The molecule has 1 rings (SSSR count). The fraction of sp³-hybridized carbons (Fsp3) is 0.467. The van der Waals surface area contributed by atoms with Crippen LogP contribution in [0.2, 0.25) is 0 Å². The number of hydrogen-bond acceptors (Lipinski definition) is 3. The van der Waals surface area contributed by atoms with Crippen molar-refractivity contribution in [1.82, 2.24) is 10.6 Å². The second-order valence-electron chi connectivity index (χ2n) is 4.71. The summed E-state index contributed by atoms with van der Waals surface area (Å²) in [6.07, 6.45) is 1.34. The molecule has 0 saturated heterocycles. The molecule has 5 nitrogen and oxygen atoms in total. The molecule has 3 N–H and O–H groups in total. The van der Waals surface area contributed by atoms with Crippen LogP contribution in [-0.4, -0.2) is 36.1 Å². The lowest BCUT2D eigenvalue weighted by Gasteiger charge is -2.07. The van der Waals surface area contributed by atoms with Crippen molar-refractivity contribution < 1.29 is 14.7 Å². The van der Waals surface area contributed by atoms with Crippen LogP contribution >= 0.6 is 0 Å². The molecule has 20 heavy (non-hydrogen) atoms. The average Bonchev–Trinajstić information content (AvgIpc) is 2.44. The minimum atomic E-state index is -0.336. The molecule has 0 radical (unpaired) electrons. The predicted octanol–water partition coefficient (Wildman–Crippen LogP) is 1.08. The third kappa shape index (κ3) is 6.89.